The smallest absolute Gasteiger partial charge is 0.224 e. The first-order valence-electron chi connectivity index (χ1n) is 8.45. The van der Waals surface area contributed by atoms with E-state index in [0.29, 0.717) is 19.4 Å². The van der Waals surface area contributed by atoms with E-state index in [4.69, 9.17) is 4.74 Å². The van der Waals surface area contributed by atoms with Crippen LogP contribution >= 0.6 is 0 Å². The number of nitrogens with one attached hydrogen (secondary N) is 1. The van der Waals surface area contributed by atoms with Gasteiger partial charge in [-0.15, -0.1) is 0 Å². The van der Waals surface area contributed by atoms with Crippen molar-refractivity contribution in [2.24, 2.45) is 0 Å². The number of benzene rings is 3. The molecule has 1 amide bonds. The number of amides is 1. The zero-order valence-electron chi connectivity index (χ0n) is 14.0. The minimum absolute atomic E-state index is 0.0000396. The average Bonchev–Trinajstić information content (AvgIpc) is 2.67. The maximum absolute atomic E-state index is 12.2. The van der Waals surface area contributed by atoms with E-state index < -0.39 is 0 Å². The molecule has 3 nitrogen and oxygen atoms in total. The number of carbonyl (C=O) groups is 1. The van der Waals surface area contributed by atoms with Crippen LogP contribution < -0.4 is 10.1 Å². The van der Waals surface area contributed by atoms with E-state index in [2.05, 4.69) is 5.32 Å². The van der Waals surface area contributed by atoms with Crippen LogP contribution in [0.2, 0.25) is 0 Å². The van der Waals surface area contributed by atoms with Crippen LogP contribution in [0.4, 0.5) is 5.69 Å². The molecule has 0 radical (unpaired) electrons. The number of para-hydroxylation sites is 2. The molecule has 0 atom stereocenters. The Kier molecular flexibility index (Phi) is 5.83. The Morgan fingerprint density at radius 3 is 2.20 bits per heavy atom. The minimum atomic E-state index is 0.0000396. The molecule has 0 bridgehead atoms. The first-order chi connectivity index (χ1) is 12.3. The summed E-state index contributed by atoms with van der Waals surface area (Å²) in [7, 11) is 0. The maximum atomic E-state index is 12.2. The molecule has 0 saturated carbocycles. The molecule has 1 N–H and O–H groups in total. The number of rotatable bonds is 7. The Labute approximate surface area is 148 Å². The maximum Gasteiger partial charge on any atom is 0.224 e. The lowest BCUT2D eigenvalue weighted by molar-refractivity contribution is -0.116. The summed E-state index contributed by atoms with van der Waals surface area (Å²) in [5, 5.41) is 3.01. The zero-order chi connectivity index (χ0) is 17.3. The van der Waals surface area contributed by atoms with Gasteiger partial charge in [0.1, 0.15) is 5.75 Å². The largest absolute Gasteiger partial charge is 0.494 e. The van der Waals surface area contributed by atoms with E-state index in [0.717, 1.165) is 22.6 Å². The fourth-order valence-corrected chi connectivity index (χ4v) is 2.61. The fraction of sp³-hybridized carbons (Fsp3) is 0.136. The van der Waals surface area contributed by atoms with E-state index in [1.54, 1.807) is 0 Å². The van der Waals surface area contributed by atoms with Gasteiger partial charge in [-0.1, -0.05) is 66.7 Å². The van der Waals surface area contributed by atoms with Crippen molar-refractivity contribution in [2.45, 2.75) is 12.8 Å². The van der Waals surface area contributed by atoms with Crippen molar-refractivity contribution >= 4 is 11.6 Å². The molecule has 0 aliphatic carbocycles. The van der Waals surface area contributed by atoms with Crippen molar-refractivity contribution in [2.75, 3.05) is 11.9 Å². The Balaban J connectivity index is 1.53. The van der Waals surface area contributed by atoms with Gasteiger partial charge < -0.3 is 10.1 Å². The molecule has 0 aliphatic heterocycles. The van der Waals surface area contributed by atoms with E-state index >= 15 is 0 Å². The van der Waals surface area contributed by atoms with Gasteiger partial charge in [-0.2, -0.15) is 0 Å². The Morgan fingerprint density at radius 2 is 1.44 bits per heavy atom. The van der Waals surface area contributed by atoms with Gasteiger partial charge in [-0.05, 0) is 30.2 Å². The van der Waals surface area contributed by atoms with Gasteiger partial charge in [0, 0.05) is 17.7 Å². The van der Waals surface area contributed by atoms with E-state index in [1.165, 1.54) is 0 Å². The lowest BCUT2D eigenvalue weighted by atomic mass is 10.0. The molecule has 3 aromatic carbocycles. The van der Waals surface area contributed by atoms with Crippen LogP contribution in [-0.2, 0) is 4.79 Å². The van der Waals surface area contributed by atoms with E-state index in [1.807, 2.05) is 84.9 Å². The van der Waals surface area contributed by atoms with Crippen molar-refractivity contribution in [3.63, 3.8) is 0 Å². The minimum Gasteiger partial charge on any atom is -0.494 e. The quantitative estimate of drug-likeness (QED) is 0.608. The van der Waals surface area contributed by atoms with Crippen molar-refractivity contribution in [3.8, 4) is 16.9 Å². The molecule has 25 heavy (non-hydrogen) atoms. The zero-order valence-corrected chi connectivity index (χ0v) is 14.0. The second-order valence-electron chi connectivity index (χ2n) is 5.72. The lowest BCUT2D eigenvalue weighted by Crippen LogP contribution is -2.13. The Morgan fingerprint density at radius 1 is 0.800 bits per heavy atom. The molecule has 0 unspecified atom stereocenters. The van der Waals surface area contributed by atoms with E-state index in [9.17, 15) is 4.79 Å². The third kappa shape index (κ3) is 4.95. The number of hydrogen-bond donors (Lipinski definition) is 1. The summed E-state index contributed by atoms with van der Waals surface area (Å²) in [5.74, 6) is 0.831. The van der Waals surface area contributed by atoms with Crippen molar-refractivity contribution in [1.82, 2.24) is 0 Å². The van der Waals surface area contributed by atoms with Gasteiger partial charge >= 0.3 is 0 Å². The molecule has 0 heterocycles. The van der Waals surface area contributed by atoms with Crippen molar-refractivity contribution < 1.29 is 9.53 Å². The first-order valence-corrected chi connectivity index (χ1v) is 8.45. The number of ether oxygens (including phenoxy) is 1. The highest BCUT2D eigenvalue weighted by Crippen LogP contribution is 2.27. The molecule has 126 valence electrons. The normalized spacial score (nSPS) is 10.2. The Hall–Kier alpha value is -3.07. The highest BCUT2D eigenvalue weighted by molar-refractivity contribution is 5.95. The molecule has 3 rings (SSSR count). The van der Waals surface area contributed by atoms with Crippen LogP contribution in [0.25, 0.3) is 11.1 Å². The standard InChI is InChI=1S/C22H21NO2/c24-22(16-9-17-25-19-12-5-2-6-13-19)23-21-15-8-7-14-20(21)18-10-3-1-4-11-18/h1-8,10-15H,9,16-17H2,(H,23,24). The van der Waals surface area contributed by atoms with Crippen molar-refractivity contribution in [3.05, 3.63) is 84.9 Å². The topological polar surface area (TPSA) is 38.3 Å². The van der Waals surface area contributed by atoms with Crippen LogP contribution in [0.5, 0.6) is 5.75 Å². The number of carbonyl (C=O) groups excluding carboxylic acids is 1. The number of anilines is 1. The van der Waals surface area contributed by atoms with Gasteiger partial charge in [0.05, 0.1) is 6.61 Å². The van der Waals surface area contributed by atoms with Crippen molar-refractivity contribution in [1.29, 1.82) is 0 Å². The van der Waals surface area contributed by atoms with Gasteiger partial charge in [0.15, 0.2) is 0 Å². The summed E-state index contributed by atoms with van der Waals surface area (Å²) in [6, 6.07) is 27.6. The summed E-state index contributed by atoms with van der Waals surface area (Å²) < 4.78 is 5.62. The monoisotopic (exact) mass is 331 g/mol. The van der Waals surface area contributed by atoms with Gasteiger partial charge in [-0.3, -0.25) is 4.79 Å². The highest BCUT2D eigenvalue weighted by Gasteiger charge is 2.08. The third-order valence-electron chi connectivity index (χ3n) is 3.85. The molecule has 0 aliphatic rings. The second kappa shape index (κ2) is 8.69. The predicted molar refractivity (Wildman–Crippen MR) is 102 cm³/mol. The lowest BCUT2D eigenvalue weighted by Gasteiger charge is -2.11. The first kappa shape index (κ1) is 16.8. The molecule has 0 spiro atoms. The van der Waals surface area contributed by atoms with Crippen LogP contribution in [0.15, 0.2) is 84.9 Å². The van der Waals surface area contributed by atoms with Gasteiger partial charge in [0.25, 0.3) is 0 Å². The summed E-state index contributed by atoms with van der Waals surface area (Å²) >= 11 is 0. The number of hydrogen-bond acceptors (Lipinski definition) is 2. The summed E-state index contributed by atoms with van der Waals surface area (Å²) in [6.07, 6.45) is 1.10. The third-order valence-corrected chi connectivity index (χ3v) is 3.85. The fourth-order valence-electron chi connectivity index (χ4n) is 2.61. The summed E-state index contributed by atoms with van der Waals surface area (Å²) in [6.45, 7) is 0.526. The molecule has 3 aromatic rings. The molecular weight excluding hydrogens is 310 g/mol. The molecule has 0 saturated heterocycles. The van der Waals surface area contributed by atoms with Crippen LogP contribution in [0, 0.1) is 0 Å². The predicted octanol–water partition coefficient (Wildman–Crippen LogP) is 5.15. The van der Waals surface area contributed by atoms with E-state index in [-0.39, 0.29) is 5.91 Å². The van der Waals surface area contributed by atoms with Gasteiger partial charge in [-0.25, -0.2) is 0 Å². The van der Waals surface area contributed by atoms with Crippen LogP contribution in [-0.4, -0.2) is 12.5 Å². The van der Waals surface area contributed by atoms with Gasteiger partial charge in [0.2, 0.25) is 5.91 Å². The van der Waals surface area contributed by atoms with Crippen LogP contribution in [0.1, 0.15) is 12.8 Å². The molecular formula is C22H21NO2. The Bertz CT molecular complexity index is 801. The second-order valence-corrected chi connectivity index (χ2v) is 5.72. The molecule has 0 aromatic heterocycles. The summed E-state index contributed by atoms with van der Waals surface area (Å²) in [4.78, 5) is 12.2. The average molecular weight is 331 g/mol. The highest BCUT2D eigenvalue weighted by atomic mass is 16.5. The summed E-state index contributed by atoms with van der Waals surface area (Å²) in [5.41, 5.74) is 2.95. The van der Waals surface area contributed by atoms with Crippen LogP contribution in [0.3, 0.4) is 0 Å². The molecule has 0 fully saturated rings. The molecule has 3 heteroatoms. The SMILES string of the molecule is O=C(CCCOc1ccccc1)Nc1ccccc1-c1ccccc1.